The van der Waals surface area contributed by atoms with Gasteiger partial charge in [0, 0.05) is 18.2 Å². The maximum Gasteiger partial charge on any atom is 0.267 e. The summed E-state index contributed by atoms with van der Waals surface area (Å²) >= 11 is 0. The molecule has 0 radical (unpaired) electrons. The summed E-state index contributed by atoms with van der Waals surface area (Å²) in [5.41, 5.74) is 1.73. The normalized spacial score (nSPS) is 12.2. The minimum absolute atomic E-state index is 0.129. The number of hydrogen-bond donors (Lipinski definition) is 2. The third kappa shape index (κ3) is 5.20. The smallest absolute Gasteiger partial charge is 0.267 e. The van der Waals surface area contributed by atoms with Crippen LogP contribution in [-0.4, -0.2) is 18.4 Å². The minimum Gasteiger partial charge on any atom is -0.465 e. The molecule has 0 aliphatic rings. The largest absolute Gasteiger partial charge is 0.465 e. The van der Waals surface area contributed by atoms with Crippen molar-refractivity contribution in [2.45, 2.75) is 12.8 Å². The van der Waals surface area contributed by atoms with Crippen molar-refractivity contribution in [2.24, 2.45) is 0 Å². The number of carbonyl (C=O) groups is 2. The molecule has 0 saturated carbocycles. The van der Waals surface area contributed by atoms with Gasteiger partial charge < -0.3 is 15.1 Å². The van der Waals surface area contributed by atoms with Gasteiger partial charge in [-0.15, -0.1) is 0 Å². The number of amides is 2. The van der Waals surface area contributed by atoms with Gasteiger partial charge in [-0.1, -0.05) is 55.5 Å². The first kappa shape index (κ1) is 19.2. The van der Waals surface area contributed by atoms with Crippen LogP contribution in [0.5, 0.6) is 0 Å². The Balaban J connectivity index is 1.71. The van der Waals surface area contributed by atoms with Crippen LogP contribution in [0.3, 0.4) is 0 Å². The zero-order valence-corrected chi connectivity index (χ0v) is 15.6. The van der Waals surface area contributed by atoms with Crippen LogP contribution in [-0.2, 0) is 4.79 Å². The van der Waals surface area contributed by atoms with E-state index < -0.39 is 0 Å². The predicted octanol–water partition coefficient (Wildman–Crippen LogP) is 3.97. The number of nitrogens with one attached hydrogen (secondary N) is 2. The molecule has 0 bridgehead atoms. The highest BCUT2D eigenvalue weighted by Gasteiger charge is 2.16. The molecule has 142 valence electrons. The lowest BCUT2D eigenvalue weighted by Crippen LogP contribution is -2.36. The zero-order chi connectivity index (χ0) is 19.8. The van der Waals surface area contributed by atoms with Gasteiger partial charge in [0.1, 0.15) is 11.5 Å². The van der Waals surface area contributed by atoms with Gasteiger partial charge in [0.25, 0.3) is 11.8 Å². The third-order valence-corrected chi connectivity index (χ3v) is 4.30. The van der Waals surface area contributed by atoms with E-state index in [0.29, 0.717) is 17.9 Å². The number of carbonyl (C=O) groups excluding carboxylic acids is 2. The zero-order valence-electron chi connectivity index (χ0n) is 15.6. The van der Waals surface area contributed by atoms with E-state index in [2.05, 4.69) is 10.6 Å². The summed E-state index contributed by atoms with van der Waals surface area (Å²) in [6.07, 6.45) is 3.03. The Bertz CT molecular complexity index is 933. The molecule has 2 aromatic carbocycles. The SMILES string of the molecule is CC(CNC(=O)/C(=C/c1ccco1)NC(=O)c1ccccc1)c1ccccc1. The lowest BCUT2D eigenvalue weighted by Gasteiger charge is -2.15. The van der Waals surface area contributed by atoms with E-state index in [4.69, 9.17) is 4.42 Å². The highest BCUT2D eigenvalue weighted by molar-refractivity contribution is 6.05. The Hall–Kier alpha value is -3.60. The number of rotatable bonds is 7. The van der Waals surface area contributed by atoms with Gasteiger partial charge in [-0.3, -0.25) is 9.59 Å². The molecule has 0 aliphatic carbocycles. The van der Waals surface area contributed by atoms with Crippen LogP contribution in [0.25, 0.3) is 6.08 Å². The first-order chi connectivity index (χ1) is 13.6. The Morgan fingerprint density at radius 3 is 2.29 bits per heavy atom. The molecule has 2 amide bonds. The minimum atomic E-state index is -0.372. The van der Waals surface area contributed by atoms with Gasteiger partial charge in [0.05, 0.1) is 6.26 Å². The lowest BCUT2D eigenvalue weighted by atomic mass is 10.0. The quantitative estimate of drug-likeness (QED) is 0.615. The molecule has 1 heterocycles. The van der Waals surface area contributed by atoms with Gasteiger partial charge in [0.15, 0.2) is 0 Å². The molecule has 3 aromatic rings. The maximum atomic E-state index is 12.7. The summed E-state index contributed by atoms with van der Waals surface area (Å²) in [5, 5.41) is 5.57. The van der Waals surface area contributed by atoms with Gasteiger partial charge in [-0.05, 0) is 35.7 Å². The summed E-state index contributed by atoms with van der Waals surface area (Å²) in [6.45, 7) is 2.48. The number of furan rings is 1. The molecule has 1 aromatic heterocycles. The molecule has 0 fully saturated rings. The van der Waals surface area contributed by atoms with Crippen LogP contribution in [0, 0.1) is 0 Å². The lowest BCUT2D eigenvalue weighted by molar-refractivity contribution is -0.117. The van der Waals surface area contributed by atoms with Gasteiger partial charge >= 0.3 is 0 Å². The Morgan fingerprint density at radius 1 is 0.964 bits per heavy atom. The molecule has 1 unspecified atom stereocenters. The van der Waals surface area contributed by atoms with E-state index in [1.807, 2.05) is 43.3 Å². The fraction of sp³-hybridized carbons (Fsp3) is 0.130. The number of benzene rings is 2. The van der Waals surface area contributed by atoms with E-state index in [1.54, 1.807) is 36.4 Å². The highest BCUT2D eigenvalue weighted by Crippen LogP contribution is 2.14. The van der Waals surface area contributed by atoms with Crippen LogP contribution < -0.4 is 10.6 Å². The second-order valence-corrected chi connectivity index (χ2v) is 6.42. The topological polar surface area (TPSA) is 71.3 Å². The van der Waals surface area contributed by atoms with Crippen molar-refractivity contribution < 1.29 is 14.0 Å². The van der Waals surface area contributed by atoms with Gasteiger partial charge in [0.2, 0.25) is 0 Å². The Kier molecular flexibility index (Phi) is 6.41. The van der Waals surface area contributed by atoms with Crippen molar-refractivity contribution in [3.8, 4) is 0 Å². The molecule has 28 heavy (non-hydrogen) atoms. The van der Waals surface area contributed by atoms with Crippen LogP contribution >= 0.6 is 0 Å². The third-order valence-electron chi connectivity index (χ3n) is 4.30. The first-order valence-corrected chi connectivity index (χ1v) is 9.08. The molecule has 3 rings (SSSR count). The van der Waals surface area contributed by atoms with E-state index in [0.717, 1.165) is 5.56 Å². The highest BCUT2D eigenvalue weighted by atomic mass is 16.3. The number of hydrogen-bond acceptors (Lipinski definition) is 3. The molecule has 0 aliphatic heterocycles. The van der Waals surface area contributed by atoms with Crippen molar-refractivity contribution in [3.63, 3.8) is 0 Å². The molecule has 5 heteroatoms. The van der Waals surface area contributed by atoms with Crippen LogP contribution in [0.15, 0.2) is 89.2 Å². The molecule has 2 N–H and O–H groups in total. The van der Waals surface area contributed by atoms with Crippen molar-refractivity contribution in [3.05, 3.63) is 102 Å². The monoisotopic (exact) mass is 374 g/mol. The summed E-state index contributed by atoms with van der Waals surface area (Å²) < 4.78 is 5.29. The average Bonchev–Trinajstić information content (AvgIpc) is 3.25. The van der Waals surface area contributed by atoms with Crippen LogP contribution in [0.1, 0.15) is 34.5 Å². The summed E-state index contributed by atoms with van der Waals surface area (Å²) in [5.74, 6) is -0.109. The Morgan fingerprint density at radius 2 is 1.64 bits per heavy atom. The van der Waals surface area contributed by atoms with Crippen molar-refractivity contribution in [2.75, 3.05) is 6.54 Å². The molecular weight excluding hydrogens is 352 g/mol. The van der Waals surface area contributed by atoms with Gasteiger partial charge in [-0.25, -0.2) is 0 Å². The second kappa shape index (κ2) is 9.37. The first-order valence-electron chi connectivity index (χ1n) is 9.08. The van der Waals surface area contributed by atoms with Crippen molar-refractivity contribution >= 4 is 17.9 Å². The molecule has 1 atom stereocenters. The van der Waals surface area contributed by atoms with E-state index >= 15 is 0 Å². The molecule has 0 spiro atoms. The molecular formula is C23H22N2O3. The van der Waals surface area contributed by atoms with Crippen LogP contribution in [0.2, 0.25) is 0 Å². The van der Waals surface area contributed by atoms with E-state index in [9.17, 15) is 9.59 Å². The maximum absolute atomic E-state index is 12.7. The predicted molar refractivity (Wildman–Crippen MR) is 108 cm³/mol. The fourth-order valence-corrected chi connectivity index (χ4v) is 2.70. The van der Waals surface area contributed by atoms with Crippen LogP contribution in [0.4, 0.5) is 0 Å². The summed E-state index contributed by atoms with van der Waals surface area (Å²) in [7, 11) is 0. The summed E-state index contributed by atoms with van der Waals surface area (Å²) in [6, 6.07) is 22.1. The standard InChI is InChI=1S/C23H22N2O3/c1-17(18-9-4-2-5-10-18)16-24-23(27)21(15-20-13-8-14-28-20)25-22(26)19-11-6-3-7-12-19/h2-15,17H,16H2,1H3,(H,24,27)(H,25,26)/b21-15-. The van der Waals surface area contributed by atoms with Gasteiger partial charge in [-0.2, -0.15) is 0 Å². The Labute approximate surface area is 164 Å². The van der Waals surface area contributed by atoms with E-state index in [1.165, 1.54) is 12.3 Å². The fourth-order valence-electron chi connectivity index (χ4n) is 2.70. The average molecular weight is 374 g/mol. The van der Waals surface area contributed by atoms with Crippen molar-refractivity contribution in [1.29, 1.82) is 0 Å². The van der Waals surface area contributed by atoms with Crippen molar-refractivity contribution in [1.82, 2.24) is 10.6 Å². The second-order valence-electron chi connectivity index (χ2n) is 6.42. The molecule has 5 nitrogen and oxygen atoms in total. The molecule has 0 saturated heterocycles. The van der Waals surface area contributed by atoms with E-state index in [-0.39, 0.29) is 23.4 Å². The summed E-state index contributed by atoms with van der Waals surface area (Å²) in [4.78, 5) is 25.2.